The van der Waals surface area contributed by atoms with Gasteiger partial charge in [0.05, 0.1) is 31.1 Å². The number of ether oxygens (including phenoxy) is 2. The Morgan fingerprint density at radius 3 is 2.44 bits per heavy atom. The van der Waals surface area contributed by atoms with Gasteiger partial charge in [0.15, 0.2) is 5.82 Å². The second-order valence-corrected chi connectivity index (χ2v) is 10.8. The Bertz CT molecular complexity index is 1340. The van der Waals surface area contributed by atoms with Crippen LogP contribution >= 0.6 is 0 Å². The topological polar surface area (TPSA) is 123 Å². The minimum Gasteiger partial charge on any atom is -0.481 e. The van der Waals surface area contributed by atoms with Gasteiger partial charge in [-0.05, 0) is 24.0 Å². The molecule has 1 N–H and O–H groups in total. The summed E-state index contributed by atoms with van der Waals surface area (Å²) in [5, 5.41) is 9.84. The molecule has 0 aromatic carbocycles. The number of methoxy groups -OCH3 is 1. The Balaban J connectivity index is 1.67. The van der Waals surface area contributed by atoms with E-state index in [9.17, 15) is 14.7 Å². The van der Waals surface area contributed by atoms with E-state index in [0.717, 1.165) is 12.0 Å². The molecule has 0 spiro atoms. The highest BCUT2D eigenvalue weighted by atomic mass is 16.5. The molecular weight excluding hydrogens is 500 g/mol. The summed E-state index contributed by atoms with van der Waals surface area (Å²) in [5.41, 5.74) is 2.12. The number of anilines is 1. The second-order valence-electron chi connectivity index (χ2n) is 10.8. The molecule has 11 nitrogen and oxygen atoms in total. The third-order valence-corrected chi connectivity index (χ3v) is 6.90. The van der Waals surface area contributed by atoms with Gasteiger partial charge >= 0.3 is 5.97 Å². The van der Waals surface area contributed by atoms with E-state index in [2.05, 4.69) is 9.97 Å². The average molecular weight is 539 g/mol. The molecule has 0 radical (unpaired) electrons. The number of rotatable bonds is 10. The number of piperazine rings is 1. The zero-order chi connectivity index (χ0) is 28.2. The number of pyridine rings is 2. The summed E-state index contributed by atoms with van der Waals surface area (Å²) in [6, 6.07) is 4.89. The Hall–Kier alpha value is -3.57. The van der Waals surface area contributed by atoms with Crippen LogP contribution in [0.2, 0.25) is 0 Å². The van der Waals surface area contributed by atoms with Crippen molar-refractivity contribution in [3.8, 4) is 17.1 Å². The number of carbonyl (C=O) groups is 1. The molecule has 1 atom stereocenters. The molecule has 1 aliphatic heterocycles. The van der Waals surface area contributed by atoms with Crippen molar-refractivity contribution < 1.29 is 19.4 Å². The molecule has 39 heavy (non-hydrogen) atoms. The number of carboxylic acids is 1. The van der Waals surface area contributed by atoms with Gasteiger partial charge in [-0.1, -0.05) is 27.7 Å². The van der Waals surface area contributed by atoms with Gasteiger partial charge in [-0.25, -0.2) is 9.97 Å². The third kappa shape index (κ3) is 6.36. The lowest BCUT2D eigenvalue weighted by Gasteiger charge is -2.42. The zero-order valence-electron chi connectivity index (χ0n) is 23.4. The molecule has 4 rings (SSSR count). The molecule has 1 aliphatic rings. The van der Waals surface area contributed by atoms with Crippen LogP contribution < -0.4 is 15.2 Å². The number of fused-ring (bicyclic) bond motifs is 1. The van der Waals surface area contributed by atoms with Gasteiger partial charge in [0.2, 0.25) is 5.88 Å². The van der Waals surface area contributed by atoms with Gasteiger partial charge in [-0.3, -0.25) is 19.5 Å². The maximum absolute atomic E-state index is 13.8. The normalized spacial score (nSPS) is 15.5. The average Bonchev–Trinajstić information content (AvgIpc) is 2.91. The number of hydrogen-bond donors (Lipinski definition) is 1. The van der Waals surface area contributed by atoms with Crippen LogP contribution in [0.25, 0.3) is 22.3 Å². The maximum Gasteiger partial charge on any atom is 0.321 e. The van der Waals surface area contributed by atoms with Gasteiger partial charge in [0.25, 0.3) is 5.56 Å². The van der Waals surface area contributed by atoms with E-state index in [1.165, 1.54) is 0 Å². The molecule has 1 fully saturated rings. The van der Waals surface area contributed by atoms with E-state index >= 15 is 0 Å². The summed E-state index contributed by atoms with van der Waals surface area (Å²) in [4.78, 5) is 43.3. The van der Waals surface area contributed by atoms with Gasteiger partial charge in [-0.15, -0.1) is 0 Å². The van der Waals surface area contributed by atoms with E-state index in [1.807, 2.05) is 49.6 Å². The van der Waals surface area contributed by atoms with Crippen LogP contribution in [0.3, 0.4) is 0 Å². The van der Waals surface area contributed by atoms with Crippen molar-refractivity contribution in [1.29, 1.82) is 0 Å². The van der Waals surface area contributed by atoms with Gasteiger partial charge in [0, 0.05) is 57.2 Å². The van der Waals surface area contributed by atoms with Crippen LogP contribution in [0.1, 0.15) is 34.1 Å². The van der Waals surface area contributed by atoms with E-state index in [-0.39, 0.29) is 5.56 Å². The summed E-state index contributed by atoms with van der Waals surface area (Å²) in [6.45, 7) is 11.3. The van der Waals surface area contributed by atoms with Crippen LogP contribution in [0.4, 0.5) is 5.82 Å². The smallest absolute Gasteiger partial charge is 0.321 e. The van der Waals surface area contributed by atoms with Crippen molar-refractivity contribution in [3.05, 3.63) is 40.9 Å². The predicted molar refractivity (Wildman–Crippen MR) is 149 cm³/mol. The van der Waals surface area contributed by atoms with Crippen molar-refractivity contribution in [3.63, 3.8) is 0 Å². The van der Waals surface area contributed by atoms with E-state index in [0.29, 0.717) is 74.4 Å². The minimum absolute atomic E-state index is 0.202. The Kier molecular flexibility index (Phi) is 8.81. The fraction of sp³-hybridized carbons (Fsp3) is 0.536. The van der Waals surface area contributed by atoms with Crippen LogP contribution in [0.5, 0.6) is 5.88 Å². The number of aliphatic carboxylic acids is 1. The minimum atomic E-state index is -0.830. The number of carboxylic acid groups (broad SMARTS) is 1. The lowest BCUT2D eigenvalue weighted by molar-refractivity contribution is -0.147. The van der Waals surface area contributed by atoms with Crippen LogP contribution in [-0.4, -0.2) is 88.0 Å². The molecule has 4 heterocycles. The highest BCUT2D eigenvalue weighted by Gasteiger charge is 2.38. The monoisotopic (exact) mass is 538 g/mol. The van der Waals surface area contributed by atoms with Gasteiger partial charge in [-0.2, -0.15) is 0 Å². The molecule has 0 bridgehead atoms. The number of hydrogen-bond acceptors (Lipinski definition) is 9. The summed E-state index contributed by atoms with van der Waals surface area (Å²) in [5.74, 6) is 0.0252. The Morgan fingerprint density at radius 1 is 1.10 bits per heavy atom. The Morgan fingerprint density at radius 2 is 1.85 bits per heavy atom. The van der Waals surface area contributed by atoms with Crippen molar-refractivity contribution in [1.82, 2.24) is 24.4 Å². The quantitative estimate of drug-likeness (QED) is 0.386. The fourth-order valence-corrected chi connectivity index (χ4v) is 5.04. The standard InChI is InChI=1S/C28H38N6O5/c1-6-14-39-15-13-34-22-16-20(19-7-8-23(38-5)30-17-19)29-18-21(22)31-25(26(34)35)33-11-9-32(10-12-33)24(27(36)37)28(2,3)4/h7-8,16-18,24H,6,9-15H2,1-5H3,(H,36,37). The Labute approximate surface area is 228 Å². The third-order valence-electron chi connectivity index (χ3n) is 6.90. The highest BCUT2D eigenvalue weighted by molar-refractivity contribution is 5.80. The summed E-state index contributed by atoms with van der Waals surface area (Å²) >= 11 is 0. The van der Waals surface area contributed by atoms with E-state index in [4.69, 9.17) is 14.5 Å². The molecule has 0 saturated carbocycles. The number of nitrogens with zero attached hydrogens (tertiary/aromatic N) is 6. The van der Waals surface area contributed by atoms with Crippen molar-refractivity contribution in [2.45, 2.75) is 46.7 Å². The second kappa shape index (κ2) is 12.1. The van der Waals surface area contributed by atoms with Crippen molar-refractivity contribution in [2.75, 3.05) is 51.4 Å². The van der Waals surface area contributed by atoms with Gasteiger partial charge in [0.1, 0.15) is 11.6 Å². The highest BCUT2D eigenvalue weighted by Crippen LogP contribution is 2.27. The molecule has 1 unspecified atom stereocenters. The zero-order valence-corrected chi connectivity index (χ0v) is 23.4. The molecule has 11 heteroatoms. The molecule has 3 aromatic rings. The van der Waals surface area contributed by atoms with E-state index < -0.39 is 17.4 Å². The lowest BCUT2D eigenvalue weighted by Crippen LogP contribution is -2.57. The summed E-state index contributed by atoms with van der Waals surface area (Å²) in [6.07, 6.45) is 4.26. The molecule has 3 aromatic heterocycles. The van der Waals surface area contributed by atoms with Gasteiger partial charge < -0.3 is 24.0 Å². The first kappa shape index (κ1) is 28.4. The molecular formula is C28H38N6O5. The molecule has 0 aliphatic carbocycles. The fourth-order valence-electron chi connectivity index (χ4n) is 5.04. The predicted octanol–water partition coefficient (Wildman–Crippen LogP) is 2.91. The van der Waals surface area contributed by atoms with Crippen molar-refractivity contribution in [2.24, 2.45) is 5.41 Å². The van der Waals surface area contributed by atoms with Crippen molar-refractivity contribution >= 4 is 22.8 Å². The lowest BCUT2D eigenvalue weighted by atomic mass is 9.85. The number of aromatic nitrogens is 4. The van der Waals surface area contributed by atoms with Crippen LogP contribution in [0.15, 0.2) is 35.4 Å². The first-order valence-electron chi connectivity index (χ1n) is 13.3. The maximum atomic E-state index is 13.8. The summed E-state index contributed by atoms with van der Waals surface area (Å²) < 4.78 is 12.6. The molecule has 210 valence electrons. The first-order valence-corrected chi connectivity index (χ1v) is 13.3. The van der Waals surface area contributed by atoms with E-state index in [1.54, 1.807) is 30.1 Å². The summed E-state index contributed by atoms with van der Waals surface area (Å²) in [7, 11) is 1.56. The first-order chi connectivity index (χ1) is 18.6. The largest absolute Gasteiger partial charge is 0.481 e. The SMILES string of the molecule is CCCOCCn1c(=O)c(N2CCN(C(C(=O)O)C(C)(C)C)CC2)nc2cnc(-c3ccc(OC)nc3)cc21. The van der Waals surface area contributed by atoms with Crippen LogP contribution in [-0.2, 0) is 16.1 Å². The molecule has 0 amide bonds. The molecule has 1 saturated heterocycles. The van der Waals surface area contributed by atoms with Crippen LogP contribution in [0, 0.1) is 5.41 Å².